The van der Waals surface area contributed by atoms with E-state index in [1.807, 2.05) is 0 Å². The molecule has 2 atom stereocenters. The van der Waals surface area contributed by atoms with Crippen molar-refractivity contribution in [3.8, 4) is 0 Å². The van der Waals surface area contributed by atoms with E-state index in [1.165, 1.54) is 0 Å². The van der Waals surface area contributed by atoms with E-state index in [9.17, 15) is 13.5 Å². The van der Waals surface area contributed by atoms with Gasteiger partial charge in [-0.25, -0.2) is 8.42 Å². The summed E-state index contributed by atoms with van der Waals surface area (Å²) in [5.74, 6) is 0.331. The molecule has 0 aliphatic carbocycles. The summed E-state index contributed by atoms with van der Waals surface area (Å²) in [6.45, 7) is 0.622. The second kappa shape index (κ2) is 5.09. The van der Waals surface area contributed by atoms with Gasteiger partial charge in [-0.1, -0.05) is 0 Å². The molecule has 14 heavy (non-hydrogen) atoms. The molecule has 1 heterocycles. The molecule has 0 aromatic heterocycles. The van der Waals surface area contributed by atoms with Crippen LogP contribution < -0.4 is 0 Å². The Morgan fingerprint density at radius 3 is 2.79 bits per heavy atom. The predicted octanol–water partition coefficient (Wildman–Crippen LogP) is 0.209. The lowest BCUT2D eigenvalue weighted by molar-refractivity contribution is 0.0949. The highest BCUT2D eigenvalue weighted by Crippen LogP contribution is 2.23. The molecular weight excluding hydrogens is 204 g/mol. The zero-order chi connectivity index (χ0) is 10.6. The molecule has 1 aliphatic heterocycles. The quantitative estimate of drug-likeness (QED) is 0.675. The number of aliphatic hydroxyl groups is 1. The number of aliphatic hydroxyl groups excluding tert-OH is 1. The summed E-state index contributed by atoms with van der Waals surface area (Å²) >= 11 is 0. The number of ether oxygens (including phenoxy) is 1. The van der Waals surface area contributed by atoms with E-state index in [2.05, 4.69) is 0 Å². The largest absolute Gasteiger partial charge is 0.393 e. The zero-order valence-electron chi connectivity index (χ0n) is 8.48. The molecule has 1 N–H and O–H groups in total. The van der Waals surface area contributed by atoms with Gasteiger partial charge in [0.15, 0.2) is 9.84 Å². The van der Waals surface area contributed by atoms with Gasteiger partial charge in [0.2, 0.25) is 0 Å². The maximum atomic E-state index is 11.1. The second-order valence-electron chi connectivity index (χ2n) is 3.87. The molecule has 0 radical (unpaired) electrons. The Morgan fingerprint density at radius 2 is 2.29 bits per heavy atom. The summed E-state index contributed by atoms with van der Waals surface area (Å²) in [4.78, 5) is 0. The molecule has 1 rings (SSSR count). The lowest BCUT2D eigenvalue weighted by Gasteiger charge is -2.15. The standard InChI is InChI=1S/C9H18O4S/c1-13-5-2-3-9(10)8-4-6-14(11,12)7-8/h8-10H,2-7H2,1H3. The summed E-state index contributed by atoms with van der Waals surface area (Å²) in [7, 11) is -1.24. The Balaban J connectivity index is 2.29. The van der Waals surface area contributed by atoms with Crippen LogP contribution in [-0.2, 0) is 14.6 Å². The summed E-state index contributed by atoms with van der Waals surface area (Å²) < 4.78 is 27.1. The molecule has 0 aromatic rings. The smallest absolute Gasteiger partial charge is 0.150 e. The fraction of sp³-hybridized carbons (Fsp3) is 1.00. The van der Waals surface area contributed by atoms with Gasteiger partial charge in [0.1, 0.15) is 0 Å². The lowest BCUT2D eigenvalue weighted by Crippen LogP contribution is -2.21. The fourth-order valence-corrected chi connectivity index (χ4v) is 3.67. The first-order chi connectivity index (χ1) is 6.55. The average molecular weight is 222 g/mol. The van der Waals surface area contributed by atoms with Crippen molar-refractivity contribution in [2.24, 2.45) is 5.92 Å². The third-order valence-electron chi connectivity index (χ3n) is 2.66. The Bertz CT molecular complexity index is 260. The van der Waals surface area contributed by atoms with Crippen LogP contribution in [0.15, 0.2) is 0 Å². The highest BCUT2D eigenvalue weighted by Gasteiger charge is 2.32. The van der Waals surface area contributed by atoms with Crippen molar-refractivity contribution in [3.05, 3.63) is 0 Å². The SMILES string of the molecule is COCCCC(O)C1CCS(=O)(=O)C1. The minimum Gasteiger partial charge on any atom is -0.393 e. The monoisotopic (exact) mass is 222 g/mol. The van der Waals surface area contributed by atoms with Gasteiger partial charge in [-0.15, -0.1) is 0 Å². The Labute approximate surface area is 85.2 Å². The Hall–Kier alpha value is -0.130. The predicted molar refractivity (Wildman–Crippen MR) is 53.9 cm³/mol. The van der Waals surface area contributed by atoms with Crippen molar-refractivity contribution in [3.63, 3.8) is 0 Å². The van der Waals surface area contributed by atoms with Crippen molar-refractivity contribution in [2.45, 2.75) is 25.4 Å². The summed E-state index contributed by atoms with van der Waals surface area (Å²) in [6, 6.07) is 0. The number of hydrogen-bond acceptors (Lipinski definition) is 4. The maximum absolute atomic E-state index is 11.1. The molecule has 0 saturated carbocycles. The molecule has 0 spiro atoms. The van der Waals surface area contributed by atoms with Crippen LogP contribution in [0.3, 0.4) is 0 Å². The Morgan fingerprint density at radius 1 is 1.57 bits per heavy atom. The van der Waals surface area contributed by atoms with Gasteiger partial charge >= 0.3 is 0 Å². The van der Waals surface area contributed by atoms with E-state index < -0.39 is 15.9 Å². The third-order valence-corrected chi connectivity index (χ3v) is 4.45. The van der Waals surface area contributed by atoms with Crippen molar-refractivity contribution in [1.29, 1.82) is 0 Å². The average Bonchev–Trinajstić information content (AvgIpc) is 2.46. The molecule has 1 saturated heterocycles. The number of rotatable bonds is 5. The minimum atomic E-state index is -2.86. The van der Waals surface area contributed by atoms with Gasteiger partial charge in [-0.3, -0.25) is 0 Å². The van der Waals surface area contributed by atoms with E-state index in [0.717, 1.165) is 6.42 Å². The third kappa shape index (κ3) is 3.55. The van der Waals surface area contributed by atoms with E-state index >= 15 is 0 Å². The first kappa shape index (κ1) is 11.9. The van der Waals surface area contributed by atoms with Gasteiger partial charge < -0.3 is 9.84 Å². The molecule has 1 fully saturated rings. The first-order valence-electron chi connectivity index (χ1n) is 4.92. The van der Waals surface area contributed by atoms with Gasteiger partial charge in [-0.2, -0.15) is 0 Å². The van der Waals surface area contributed by atoms with Gasteiger partial charge in [0.25, 0.3) is 0 Å². The molecule has 1 aliphatic rings. The van der Waals surface area contributed by atoms with Crippen LogP contribution in [0.2, 0.25) is 0 Å². The van der Waals surface area contributed by atoms with Crippen LogP contribution in [0, 0.1) is 5.92 Å². The summed E-state index contributed by atoms with van der Waals surface area (Å²) in [5, 5.41) is 9.69. The minimum absolute atomic E-state index is 0.0585. The summed E-state index contributed by atoms with van der Waals surface area (Å²) in [5.41, 5.74) is 0. The molecule has 84 valence electrons. The van der Waals surface area contributed by atoms with Crippen LogP contribution in [0.1, 0.15) is 19.3 Å². The number of methoxy groups -OCH3 is 1. The molecule has 0 amide bonds. The van der Waals surface area contributed by atoms with Crippen LogP contribution in [-0.4, -0.2) is 44.9 Å². The summed E-state index contributed by atoms with van der Waals surface area (Å²) in [6.07, 6.45) is 1.54. The molecule has 5 heteroatoms. The Kier molecular flexibility index (Phi) is 4.34. The topological polar surface area (TPSA) is 63.6 Å². The van der Waals surface area contributed by atoms with Gasteiger partial charge in [-0.05, 0) is 25.2 Å². The van der Waals surface area contributed by atoms with Crippen molar-refractivity contribution in [1.82, 2.24) is 0 Å². The highest BCUT2D eigenvalue weighted by atomic mass is 32.2. The molecule has 4 nitrogen and oxygen atoms in total. The highest BCUT2D eigenvalue weighted by molar-refractivity contribution is 7.91. The van der Waals surface area contributed by atoms with Crippen molar-refractivity contribution in [2.75, 3.05) is 25.2 Å². The van der Waals surface area contributed by atoms with Crippen LogP contribution in [0.4, 0.5) is 0 Å². The number of sulfone groups is 1. The van der Waals surface area contributed by atoms with E-state index in [0.29, 0.717) is 19.4 Å². The maximum Gasteiger partial charge on any atom is 0.150 e. The fourth-order valence-electron chi connectivity index (χ4n) is 1.80. The van der Waals surface area contributed by atoms with Crippen molar-refractivity contribution >= 4 is 9.84 Å². The zero-order valence-corrected chi connectivity index (χ0v) is 9.29. The van der Waals surface area contributed by atoms with E-state index in [1.54, 1.807) is 7.11 Å². The number of hydrogen-bond donors (Lipinski definition) is 1. The molecule has 0 bridgehead atoms. The lowest BCUT2D eigenvalue weighted by atomic mass is 9.98. The van der Waals surface area contributed by atoms with Crippen LogP contribution >= 0.6 is 0 Å². The molecule has 0 aromatic carbocycles. The second-order valence-corrected chi connectivity index (χ2v) is 6.09. The van der Waals surface area contributed by atoms with Crippen LogP contribution in [0.25, 0.3) is 0 Å². The van der Waals surface area contributed by atoms with E-state index in [4.69, 9.17) is 4.74 Å². The van der Waals surface area contributed by atoms with Crippen LogP contribution in [0.5, 0.6) is 0 Å². The molecular formula is C9H18O4S. The van der Waals surface area contributed by atoms with Gasteiger partial charge in [0, 0.05) is 13.7 Å². The normalized spacial score (nSPS) is 27.7. The van der Waals surface area contributed by atoms with E-state index in [-0.39, 0.29) is 17.4 Å². The molecule has 2 unspecified atom stereocenters. The van der Waals surface area contributed by atoms with Crippen molar-refractivity contribution < 1.29 is 18.3 Å². The first-order valence-corrected chi connectivity index (χ1v) is 6.75. The van der Waals surface area contributed by atoms with Gasteiger partial charge in [0.05, 0.1) is 17.6 Å².